The minimum atomic E-state index is -0.522. The van der Waals surface area contributed by atoms with Crippen LogP contribution < -0.4 is 4.74 Å². The van der Waals surface area contributed by atoms with Crippen molar-refractivity contribution in [3.8, 4) is 5.75 Å². The van der Waals surface area contributed by atoms with Crippen molar-refractivity contribution in [1.82, 2.24) is 0 Å². The lowest BCUT2D eigenvalue weighted by Crippen LogP contribution is -2.22. The first-order chi connectivity index (χ1) is 13.4. The van der Waals surface area contributed by atoms with Crippen molar-refractivity contribution >= 4 is 11.9 Å². The van der Waals surface area contributed by atoms with Gasteiger partial charge in [0.2, 0.25) is 0 Å². The Morgan fingerprint density at radius 2 is 1.82 bits per heavy atom. The van der Waals surface area contributed by atoms with Gasteiger partial charge < -0.3 is 18.9 Å². The zero-order valence-electron chi connectivity index (χ0n) is 16.5. The summed E-state index contributed by atoms with van der Waals surface area (Å²) < 4.78 is 21.0. The van der Waals surface area contributed by atoms with Crippen molar-refractivity contribution in [2.24, 2.45) is 0 Å². The second-order valence-electron chi connectivity index (χ2n) is 6.84. The first kappa shape index (κ1) is 21.5. The number of carbonyl (C=O) groups excluding carboxylic acids is 2. The molecule has 152 valence electrons. The molecular weight excluding hydrogens is 360 g/mol. The molecule has 0 radical (unpaired) electrons. The molecule has 0 amide bonds. The Morgan fingerprint density at radius 3 is 2.39 bits per heavy atom. The van der Waals surface area contributed by atoms with Crippen LogP contribution in [0.1, 0.15) is 44.1 Å². The van der Waals surface area contributed by atoms with Gasteiger partial charge in [-0.05, 0) is 62.8 Å². The first-order valence-corrected chi connectivity index (χ1v) is 9.42. The smallest absolute Gasteiger partial charge is 0.372 e. The van der Waals surface area contributed by atoms with E-state index in [0.717, 1.165) is 37.5 Å². The molecule has 0 aromatic heterocycles. The van der Waals surface area contributed by atoms with E-state index in [4.69, 9.17) is 14.2 Å². The van der Waals surface area contributed by atoms with Crippen LogP contribution in [0.3, 0.4) is 0 Å². The molecule has 1 fully saturated rings. The van der Waals surface area contributed by atoms with Crippen molar-refractivity contribution in [3.05, 3.63) is 54.8 Å². The average molecular weight is 388 g/mol. The average Bonchev–Trinajstić information content (AvgIpc) is 2.72. The Balaban J connectivity index is 1.78. The molecule has 6 nitrogen and oxygen atoms in total. The molecule has 1 unspecified atom stereocenters. The molecule has 1 aromatic rings. The Morgan fingerprint density at radius 1 is 1.18 bits per heavy atom. The quantitative estimate of drug-likeness (QED) is 0.363. The van der Waals surface area contributed by atoms with Crippen LogP contribution in [-0.4, -0.2) is 37.9 Å². The molecule has 1 aromatic carbocycles. The highest BCUT2D eigenvalue weighted by Gasteiger charge is 2.25. The molecule has 0 heterocycles. The van der Waals surface area contributed by atoms with E-state index in [1.807, 2.05) is 12.1 Å². The van der Waals surface area contributed by atoms with Crippen LogP contribution in [0.5, 0.6) is 5.75 Å². The topological polar surface area (TPSA) is 71.1 Å². The summed E-state index contributed by atoms with van der Waals surface area (Å²) in [5.41, 5.74) is 1.25. The van der Waals surface area contributed by atoms with E-state index in [2.05, 4.69) is 30.0 Å². The van der Waals surface area contributed by atoms with E-state index in [1.54, 1.807) is 6.92 Å². The predicted octanol–water partition coefficient (Wildman–Crippen LogP) is 3.91. The molecule has 6 heteroatoms. The highest BCUT2D eigenvalue weighted by Crippen LogP contribution is 2.35. The van der Waals surface area contributed by atoms with Gasteiger partial charge in [0.1, 0.15) is 18.5 Å². The van der Waals surface area contributed by atoms with E-state index in [1.165, 1.54) is 12.7 Å². The minimum absolute atomic E-state index is 0.00483. The van der Waals surface area contributed by atoms with E-state index in [0.29, 0.717) is 5.92 Å². The van der Waals surface area contributed by atoms with E-state index in [-0.39, 0.29) is 24.6 Å². The van der Waals surface area contributed by atoms with Gasteiger partial charge in [-0.25, -0.2) is 9.59 Å². The fourth-order valence-electron chi connectivity index (χ4n) is 3.21. The molecule has 0 saturated heterocycles. The van der Waals surface area contributed by atoms with Gasteiger partial charge in [0, 0.05) is 6.08 Å². The highest BCUT2D eigenvalue weighted by atomic mass is 16.6. The SMILES string of the molecule is C=CC(=O)OC(C)COc1ccc(C2CCC(OC(=C)C(=O)OC)CC2)cc1. The van der Waals surface area contributed by atoms with Gasteiger partial charge in [0.05, 0.1) is 13.2 Å². The van der Waals surface area contributed by atoms with Gasteiger partial charge in [0.25, 0.3) is 0 Å². The molecule has 1 aliphatic carbocycles. The number of benzene rings is 1. The summed E-state index contributed by atoms with van der Waals surface area (Å²) in [4.78, 5) is 22.5. The van der Waals surface area contributed by atoms with E-state index >= 15 is 0 Å². The van der Waals surface area contributed by atoms with Crippen LogP contribution in [0.25, 0.3) is 0 Å². The molecule has 1 saturated carbocycles. The Hall–Kier alpha value is -2.76. The van der Waals surface area contributed by atoms with Crippen LogP contribution in [0, 0.1) is 0 Å². The minimum Gasteiger partial charge on any atom is -0.490 e. The fraction of sp³-hybridized carbons (Fsp3) is 0.455. The van der Waals surface area contributed by atoms with Crippen LogP contribution in [-0.2, 0) is 23.8 Å². The number of carbonyl (C=O) groups is 2. The van der Waals surface area contributed by atoms with E-state index in [9.17, 15) is 9.59 Å². The summed E-state index contributed by atoms with van der Waals surface area (Å²) >= 11 is 0. The van der Waals surface area contributed by atoms with Gasteiger partial charge in [-0.2, -0.15) is 0 Å². The Labute approximate surface area is 166 Å². The second kappa shape index (κ2) is 10.5. The maximum absolute atomic E-state index is 11.4. The number of rotatable bonds is 9. The summed E-state index contributed by atoms with van der Waals surface area (Å²) in [5.74, 6) is 0.275. The third kappa shape index (κ3) is 6.44. The Bertz CT molecular complexity index is 685. The zero-order valence-corrected chi connectivity index (χ0v) is 16.5. The van der Waals surface area contributed by atoms with Crippen LogP contribution in [0.15, 0.2) is 49.3 Å². The van der Waals surface area contributed by atoms with Crippen LogP contribution in [0.2, 0.25) is 0 Å². The zero-order chi connectivity index (χ0) is 20.5. The normalized spacial score (nSPS) is 19.8. The van der Waals surface area contributed by atoms with Gasteiger partial charge in [-0.1, -0.05) is 18.7 Å². The van der Waals surface area contributed by atoms with Crippen molar-refractivity contribution in [3.63, 3.8) is 0 Å². The molecule has 0 spiro atoms. The van der Waals surface area contributed by atoms with Crippen molar-refractivity contribution in [1.29, 1.82) is 0 Å². The summed E-state index contributed by atoms with van der Waals surface area (Å²) in [5, 5.41) is 0. The maximum Gasteiger partial charge on any atom is 0.372 e. The molecule has 1 atom stereocenters. The number of methoxy groups -OCH3 is 1. The third-order valence-electron chi connectivity index (χ3n) is 4.72. The molecule has 2 rings (SSSR count). The lowest BCUT2D eigenvalue weighted by molar-refractivity contribution is -0.143. The molecule has 28 heavy (non-hydrogen) atoms. The lowest BCUT2D eigenvalue weighted by atomic mass is 9.83. The number of hydrogen-bond acceptors (Lipinski definition) is 6. The summed E-state index contributed by atoms with van der Waals surface area (Å²) in [7, 11) is 1.32. The first-order valence-electron chi connectivity index (χ1n) is 9.42. The Kier molecular flexibility index (Phi) is 8.11. The molecular formula is C22H28O6. The summed E-state index contributed by atoms with van der Waals surface area (Å²) in [6.07, 6.45) is 4.49. The second-order valence-corrected chi connectivity index (χ2v) is 6.84. The molecule has 1 aliphatic rings. The van der Waals surface area contributed by atoms with Gasteiger partial charge in [-0.15, -0.1) is 0 Å². The fourth-order valence-corrected chi connectivity index (χ4v) is 3.21. The van der Waals surface area contributed by atoms with Gasteiger partial charge in [-0.3, -0.25) is 0 Å². The maximum atomic E-state index is 11.4. The largest absolute Gasteiger partial charge is 0.490 e. The van der Waals surface area contributed by atoms with Gasteiger partial charge >= 0.3 is 11.9 Å². The monoisotopic (exact) mass is 388 g/mol. The van der Waals surface area contributed by atoms with Crippen molar-refractivity contribution < 1.29 is 28.5 Å². The molecule has 0 aliphatic heterocycles. The van der Waals surface area contributed by atoms with Crippen molar-refractivity contribution in [2.45, 2.75) is 50.7 Å². The molecule has 0 bridgehead atoms. The van der Waals surface area contributed by atoms with Crippen LogP contribution in [0.4, 0.5) is 0 Å². The van der Waals surface area contributed by atoms with E-state index < -0.39 is 11.9 Å². The third-order valence-corrected chi connectivity index (χ3v) is 4.72. The lowest BCUT2D eigenvalue weighted by Gasteiger charge is -2.29. The summed E-state index contributed by atoms with van der Waals surface area (Å²) in [6.45, 7) is 9.03. The number of hydrogen-bond donors (Lipinski definition) is 0. The number of ether oxygens (including phenoxy) is 4. The number of esters is 2. The van der Waals surface area contributed by atoms with Crippen molar-refractivity contribution in [2.75, 3.05) is 13.7 Å². The van der Waals surface area contributed by atoms with Crippen LogP contribution >= 0.6 is 0 Å². The summed E-state index contributed by atoms with van der Waals surface area (Å²) in [6, 6.07) is 7.99. The van der Waals surface area contributed by atoms with Gasteiger partial charge in [0.15, 0.2) is 5.76 Å². The molecule has 0 N–H and O–H groups in total. The highest BCUT2D eigenvalue weighted by molar-refractivity contribution is 5.85. The standard InChI is InChI=1S/C22H28O6/c1-5-21(23)27-15(2)14-26-19-10-6-17(7-11-19)18-8-12-20(13-9-18)28-16(3)22(24)25-4/h5-7,10-11,15,18,20H,1,3,8-9,12-14H2,2,4H3. The predicted molar refractivity (Wildman–Crippen MR) is 105 cm³/mol.